The van der Waals surface area contributed by atoms with Crippen LogP contribution >= 0.6 is 0 Å². The first-order valence-corrected chi connectivity index (χ1v) is 6.90. The predicted molar refractivity (Wildman–Crippen MR) is 74.9 cm³/mol. The van der Waals surface area contributed by atoms with Gasteiger partial charge in [0.05, 0.1) is 6.04 Å². The van der Waals surface area contributed by atoms with Gasteiger partial charge in [-0.3, -0.25) is 14.7 Å². The first-order chi connectivity index (χ1) is 9.27. The van der Waals surface area contributed by atoms with Crippen LogP contribution < -0.4 is 10.6 Å². The Morgan fingerprint density at radius 3 is 2.95 bits per heavy atom. The maximum atomic E-state index is 12.0. The molecule has 2 rings (SSSR count). The second kappa shape index (κ2) is 7.21. The van der Waals surface area contributed by atoms with E-state index < -0.39 is 0 Å². The largest absolute Gasteiger partial charge is 0.354 e. The van der Waals surface area contributed by atoms with Crippen LogP contribution in [0.5, 0.6) is 0 Å². The molecule has 5 nitrogen and oxygen atoms in total. The Bertz CT molecular complexity index is 390. The van der Waals surface area contributed by atoms with Crippen molar-refractivity contribution in [3.05, 3.63) is 30.1 Å². The molecular weight excluding hydrogens is 240 g/mol. The summed E-state index contributed by atoms with van der Waals surface area (Å²) in [7, 11) is 0. The Labute approximate surface area is 114 Å². The van der Waals surface area contributed by atoms with Crippen molar-refractivity contribution in [2.24, 2.45) is 0 Å². The molecule has 19 heavy (non-hydrogen) atoms. The van der Waals surface area contributed by atoms with Crippen molar-refractivity contribution in [3.63, 3.8) is 0 Å². The second-order valence-electron chi connectivity index (χ2n) is 4.82. The number of aromatic nitrogens is 1. The van der Waals surface area contributed by atoms with E-state index in [-0.39, 0.29) is 11.9 Å². The molecule has 0 radical (unpaired) electrons. The predicted octanol–water partition coefficient (Wildman–Crippen LogP) is 0.0340. The van der Waals surface area contributed by atoms with Crippen molar-refractivity contribution < 1.29 is 4.79 Å². The fourth-order valence-corrected chi connectivity index (χ4v) is 2.24. The number of pyridine rings is 1. The summed E-state index contributed by atoms with van der Waals surface area (Å²) in [6.07, 6.45) is 2.56. The van der Waals surface area contributed by atoms with Gasteiger partial charge in [-0.1, -0.05) is 6.07 Å². The molecule has 1 amide bonds. The van der Waals surface area contributed by atoms with E-state index in [2.05, 4.69) is 20.5 Å². The Balaban J connectivity index is 1.71. The first-order valence-electron chi connectivity index (χ1n) is 6.90. The molecule has 2 N–H and O–H groups in total. The highest BCUT2D eigenvalue weighted by atomic mass is 16.2. The van der Waals surface area contributed by atoms with Crippen molar-refractivity contribution in [1.82, 2.24) is 20.5 Å². The topological polar surface area (TPSA) is 57.3 Å². The molecule has 0 bridgehead atoms. The van der Waals surface area contributed by atoms with Crippen LogP contribution in [0.1, 0.15) is 12.6 Å². The maximum Gasteiger partial charge on any atom is 0.237 e. The van der Waals surface area contributed by atoms with Gasteiger partial charge < -0.3 is 10.6 Å². The number of amides is 1. The zero-order valence-electron chi connectivity index (χ0n) is 11.4. The van der Waals surface area contributed by atoms with Crippen LogP contribution in [0, 0.1) is 0 Å². The zero-order valence-corrected chi connectivity index (χ0v) is 11.4. The Morgan fingerprint density at radius 2 is 2.26 bits per heavy atom. The van der Waals surface area contributed by atoms with Crippen LogP contribution in [-0.2, 0) is 11.2 Å². The SMILES string of the molecule is CC(C(=O)NCCc1ccccn1)N1CCNCC1. The summed E-state index contributed by atoms with van der Waals surface area (Å²) in [5, 5.41) is 6.28. The van der Waals surface area contributed by atoms with Gasteiger partial charge >= 0.3 is 0 Å². The van der Waals surface area contributed by atoms with Crippen LogP contribution in [0.15, 0.2) is 24.4 Å². The molecule has 1 aromatic heterocycles. The minimum atomic E-state index is -0.0502. The van der Waals surface area contributed by atoms with Gasteiger partial charge in [0.2, 0.25) is 5.91 Å². The molecule has 0 spiro atoms. The van der Waals surface area contributed by atoms with Crippen molar-refractivity contribution in [3.8, 4) is 0 Å². The summed E-state index contributed by atoms with van der Waals surface area (Å²) in [4.78, 5) is 18.5. The molecule has 0 aliphatic carbocycles. The Kier molecular flexibility index (Phi) is 5.30. The highest BCUT2D eigenvalue weighted by molar-refractivity contribution is 5.81. The second-order valence-corrected chi connectivity index (χ2v) is 4.82. The van der Waals surface area contributed by atoms with Crippen molar-refractivity contribution in [2.45, 2.75) is 19.4 Å². The van der Waals surface area contributed by atoms with E-state index in [1.807, 2.05) is 25.1 Å². The summed E-state index contributed by atoms with van der Waals surface area (Å²) in [5.41, 5.74) is 1.01. The van der Waals surface area contributed by atoms with Gasteiger partial charge in [-0.05, 0) is 19.1 Å². The number of nitrogens with one attached hydrogen (secondary N) is 2. The first kappa shape index (κ1) is 14.0. The normalized spacial score (nSPS) is 17.9. The molecule has 1 aliphatic rings. The zero-order chi connectivity index (χ0) is 13.5. The highest BCUT2D eigenvalue weighted by Crippen LogP contribution is 2.01. The minimum Gasteiger partial charge on any atom is -0.354 e. The summed E-state index contributed by atoms with van der Waals surface area (Å²) < 4.78 is 0. The van der Waals surface area contributed by atoms with Crippen LogP contribution in [0.2, 0.25) is 0 Å². The number of carbonyl (C=O) groups excluding carboxylic acids is 1. The van der Waals surface area contributed by atoms with Gasteiger partial charge in [0, 0.05) is 51.0 Å². The van der Waals surface area contributed by atoms with Gasteiger partial charge in [0.25, 0.3) is 0 Å². The van der Waals surface area contributed by atoms with Crippen molar-refractivity contribution in [1.29, 1.82) is 0 Å². The van der Waals surface area contributed by atoms with E-state index in [1.54, 1.807) is 6.20 Å². The molecule has 1 atom stereocenters. The van der Waals surface area contributed by atoms with Gasteiger partial charge in [0.15, 0.2) is 0 Å². The lowest BCUT2D eigenvalue weighted by Crippen LogP contribution is -2.52. The molecule has 1 unspecified atom stereocenters. The average Bonchev–Trinajstić information content (AvgIpc) is 2.48. The quantitative estimate of drug-likeness (QED) is 0.786. The van der Waals surface area contributed by atoms with E-state index in [1.165, 1.54) is 0 Å². The standard InChI is InChI=1S/C14H22N4O/c1-12(18-10-8-15-9-11-18)14(19)17-7-5-13-4-2-3-6-16-13/h2-4,6,12,15H,5,7-11H2,1H3,(H,17,19). The lowest BCUT2D eigenvalue weighted by Gasteiger charge is -2.31. The number of hydrogen-bond acceptors (Lipinski definition) is 4. The maximum absolute atomic E-state index is 12.0. The lowest BCUT2D eigenvalue weighted by molar-refractivity contribution is -0.126. The average molecular weight is 262 g/mol. The van der Waals surface area contributed by atoms with E-state index in [0.29, 0.717) is 6.54 Å². The van der Waals surface area contributed by atoms with Crippen molar-refractivity contribution >= 4 is 5.91 Å². The number of carbonyl (C=O) groups is 1. The number of hydrogen-bond donors (Lipinski definition) is 2. The van der Waals surface area contributed by atoms with Gasteiger partial charge in [-0.2, -0.15) is 0 Å². The third-order valence-corrected chi connectivity index (χ3v) is 3.49. The lowest BCUT2D eigenvalue weighted by atomic mass is 10.2. The Hall–Kier alpha value is -1.46. The molecule has 1 saturated heterocycles. The van der Waals surface area contributed by atoms with Crippen LogP contribution in [0.3, 0.4) is 0 Å². The summed E-state index contributed by atoms with van der Waals surface area (Å²) in [5.74, 6) is 0.109. The van der Waals surface area contributed by atoms with Gasteiger partial charge in [0.1, 0.15) is 0 Å². The molecule has 0 saturated carbocycles. The van der Waals surface area contributed by atoms with Crippen molar-refractivity contribution in [2.75, 3.05) is 32.7 Å². The van der Waals surface area contributed by atoms with Gasteiger partial charge in [-0.25, -0.2) is 0 Å². The molecule has 1 fully saturated rings. The molecule has 2 heterocycles. The summed E-state index contributed by atoms with van der Waals surface area (Å²) >= 11 is 0. The molecular formula is C14H22N4O. The number of nitrogens with zero attached hydrogens (tertiary/aromatic N) is 2. The van der Waals surface area contributed by atoms with E-state index >= 15 is 0 Å². The van der Waals surface area contributed by atoms with E-state index in [4.69, 9.17) is 0 Å². The van der Waals surface area contributed by atoms with Crippen LogP contribution in [0.4, 0.5) is 0 Å². The molecule has 1 aliphatic heterocycles. The Morgan fingerprint density at radius 1 is 1.47 bits per heavy atom. The van der Waals surface area contributed by atoms with Crippen LogP contribution in [-0.4, -0.2) is 54.6 Å². The van der Waals surface area contributed by atoms with Crippen LogP contribution in [0.25, 0.3) is 0 Å². The molecule has 0 aromatic carbocycles. The molecule has 1 aromatic rings. The smallest absolute Gasteiger partial charge is 0.237 e. The highest BCUT2D eigenvalue weighted by Gasteiger charge is 2.21. The number of piperazine rings is 1. The van der Waals surface area contributed by atoms with E-state index in [0.717, 1.165) is 38.3 Å². The fourth-order valence-electron chi connectivity index (χ4n) is 2.24. The monoisotopic (exact) mass is 262 g/mol. The summed E-state index contributed by atoms with van der Waals surface area (Å²) in [6.45, 7) is 6.43. The van der Waals surface area contributed by atoms with E-state index in [9.17, 15) is 4.79 Å². The number of rotatable bonds is 5. The molecule has 104 valence electrons. The third-order valence-electron chi connectivity index (χ3n) is 3.49. The fraction of sp³-hybridized carbons (Fsp3) is 0.571. The third kappa shape index (κ3) is 4.29. The summed E-state index contributed by atoms with van der Waals surface area (Å²) in [6, 6.07) is 5.79. The molecule has 5 heteroatoms. The van der Waals surface area contributed by atoms with Gasteiger partial charge in [-0.15, -0.1) is 0 Å². The minimum absolute atomic E-state index is 0.0502.